The number of hydrogen-bond acceptors (Lipinski definition) is 2. The molecule has 0 aliphatic heterocycles. The third kappa shape index (κ3) is 4.65. The Balaban J connectivity index is 2.53. The van der Waals surface area contributed by atoms with E-state index in [1.165, 1.54) is 12.1 Å². The van der Waals surface area contributed by atoms with Gasteiger partial charge in [-0.15, -0.1) is 0 Å². The summed E-state index contributed by atoms with van der Waals surface area (Å²) in [4.78, 5) is 0. The van der Waals surface area contributed by atoms with Gasteiger partial charge in [0, 0.05) is 12.2 Å². The second kappa shape index (κ2) is 6.49. The summed E-state index contributed by atoms with van der Waals surface area (Å²) < 4.78 is 37.9. The molecule has 0 unspecified atom stereocenters. The maximum atomic E-state index is 12.6. The first-order valence-electron chi connectivity index (χ1n) is 5.60. The summed E-state index contributed by atoms with van der Waals surface area (Å²) in [6, 6.07) is 5.55. The van der Waals surface area contributed by atoms with Gasteiger partial charge < -0.3 is 10.6 Å². The Kier molecular flexibility index (Phi) is 5.28. The molecule has 0 heterocycles. The number of nitrogens with one attached hydrogen (secondary N) is 2. The second-order valence-electron chi connectivity index (χ2n) is 3.78. The Morgan fingerprint density at radius 2 is 1.71 bits per heavy atom. The Hall–Kier alpha value is -1.23. The highest BCUT2D eigenvalue weighted by molar-refractivity contribution is 5.52. The van der Waals surface area contributed by atoms with Crippen molar-refractivity contribution >= 4 is 5.69 Å². The van der Waals surface area contributed by atoms with Crippen LogP contribution in [0.1, 0.15) is 18.4 Å². The number of benzene rings is 1. The first-order valence-corrected chi connectivity index (χ1v) is 5.60. The molecular weight excluding hydrogens is 229 g/mol. The summed E-state index contributed by atoms with van der Waals surface area (Å²) in [5, 5.41) is 5.83. The summed E-state index contributed by atoms with van der Waals surface area (Å²) in [5.74, 6) is 0. The zero-order chi connectivity index (χ0) is 12.7. The van der Waals surface area contributed by atoms with E-state index >= 15 is 0 Å². The van der Waals surface area contributed by atoms with E-state index in [0.717, 1.165) is 25.5 Å². The zero-order valence-corrected chi connectivity index (χ0v) is 9.77. The summed E-state index contributed by atoms with van der Waals surface area (Å²) >= 11 is 0. The maximum absolute atomic E-state index is 12.6. The Labute approximate surface area is 99.2 Å². The average molecular weight is 246 g/mol. The molecule has 2 nitrogen and oxygen atoms in total. The van der Waals surface area contributed by atoms with Crippen LogP contribution in [0.3, 0.4) is 0 Å². The quantitative estimate of drug-likeness (QED) is 0.754. The van der Waals surface area contributed by atoms with E-state index in [0.29, 0.717) is 6.54 Å². The highest BCUT2D eigenvalue weighted by Gasteiger charge is 2.32. The topological polar surface area (TPSA) is 24.1 Å². The van der Waals surface area contributed by atoms with Gasteiger partial charge in [0.25, 0.3) is 0 Å². The molecule has 0 spiro atoms. The molecule has 0 aliphatic carbocycles. The minimum Gasteiger partial charge on any atom is -0.385 e. The third-order valence-corrected chi connectivity index (χ3v) is 2.40. The average Bonchev–Trinajstić information content (AvgIpc) is 2.28. The number of halogens is 3. The molecule has 0 fully saturated rings. The minimum atomic E-state index is -4.30. The second-order valence-corrected chi connectivity index (χ2v) is 3.78. The molecular formula is C12H17F3N2. The minimum absolute atomic E-state index is 0.157. The summed E-state index contributed by atoms with van der Waals surface area (Å²) in [7, 11) is 1.85. The van der Waals surface area contributed by atoms with Gasteiger partial charge in [-0.25, -0.2) is 0 Å². The lowest BCUT2D eigenvalue weighted by molar-refractivity contribution is -0.136. The summed E-state index contributed by atoms with van der Waals surface area (Å²) in [5.41, 5.74) is -0.446. The van der Waals surface area contributed by atoms with E-state index in [-0.39, 0.29) is 5.69 Å². The normalized spacial score (nSPS) is 11.5. The van der Waals surface area contributed by atoms with Gasteiger partial charge in [-0.1, -0.05) is 12.1 Å². The number of rotatable bonds is 6. The van der Waals surface area contributed by atoms with Crippen molar-refractivity contribution in [2.45, 2.75) is 19.0 Å². The van der Waals surface area contributed by atoms with Crippen LogP contribution in [0.5, 0.6) is 0 Å². The number of hydrogen-bond donors (Lipinski definition) is 2. The first kappa shape index (κ1) is 13.8. The monoisotopic (exact) mass is 246 g/mol. The van der Waals surface area contributed by atoms with Gasteiger partial charge in [-0.05, 0) is 38.6 Å². The highest BCUT2D eigenvalue weighted by atomic mass is 19.4. The summed E-state index contributed by atoms with van der Waals surface area (Å²) in [6.07, 6.45) is -2.51. The van der Waals surface area contributed by atoms with E-state index in [2.05, 4.69) is 10.6 Å². The van der Waals surface area contributed by atoms with Gasteiger partial charge in [0.1, 0.15) is 0 Å². The fraction of sp³-hybridized carbons (Fsp3) is 0.500. The molecule has 96 valence electrons. The molecule has 1 aromatic rings. The maximum Gasteiger partial charge on any atom is 0.418 e. The first-order chi connectivity index (χ1) is 8.05. The fourth-order valence-electron chi connectivity index (χ4n) is 1.53. The van der Waals surface area contributed by atoms with Gasteiger partial charge >= 0.3 is 6.18 Å². The molecule has 2 N–H and O–H groups in total. The van der Waals surface area contributed by atoms with Crippen LogP contribution in [0.25, 0.3) is 0 Å². The predicted octanol–water partition coefficient (Wildman–Crippen LogP) is 3.12. The molecule has 0 saturated heterocycles. The van der Waals surface area contributed by atoms with E-state index in [9.17, 15) is 13.2 Å². The molecule has 0 saturated carbocycles. The van der Waals surface area contributed by atoms with Crippen molar-refractivity contribution in [3.8, 4) is 0 Å². The van der Waals surface area contributed by atoms with Crippen molar-refractivity contribution in [1.29, 1.82) is 0 Å². The van der Waals surface area contributed by atoms with Gasteiger partial charge in [-0.2, -0.15) is 13.2 Å². The number of alkyl halides is 3. The van der Waals surface area contributed by atoms with Crippen molar-refractivity contribution in [2.24, 2.45) is 0 Å². The van der Waals surface area contributed by atoms with Crippen molar-refractivity contribution in [3.63, 3.8) is 0 Å². The Morgan fingerprint density at radius 3 is 2.35 bits per heavy atom. The molecule has 0 radical (unpaired) electrons. The van der Waals surface area contributed by atoms with Crippen LogP contribution in [0, 0.1) is 0 Å². The lowest BCUT2D eigenvalue weighted by Gasteiger charge is -2.14. The van der Waals surface area contributed by atoms with E-state index in [1.54, 1.807) is 6.07 Å². The van der Waals surface area contributed by atoms with Crippen LogP contribution in [-0.4, -0.2) is 20.1 Å². The van der Waals surface area contributed by atoms with Crippen LogP contribution in [0.4, 0.5) is 18.9 Å². The fourth-order valence-corrected chi connectivity index (χ4v) is 1.53. The molecule has 5 heteroatoms. The molecule has 17 heavy (non-hydrogen) atoms. The van der Waals surface area contributed by atoms with Crippen molar-refractivity contribution < 1.29 is 13.2 Å². The van der Waals surface area contributed by atoms with Gasteiger partial charge in [0.05, 0.1) is 5.56 Å². The number of para-hydroxylation sites is 1. The Morgan fingerprint density at radius 1 is 1.06 bits per heavy atom. The third-order valence-electron chi connectivity index (χ3n) is 2.40. The lowest BCUT2D eigenvalue weighted by Crippen LogP contribution is -2.13. The molecule has 0 aromatic heterocycles. The van der Waals surface area contributed by atoms with Gasteiger partial charge in [0.15, 0.2) is 0 Å². The van der Waals surface area contributed by atoms with Crippen molar-refractivity contribution in [2.75, 3.05) is 25.5 Å². The van der Waals surface area contributed by atoms with Crippen LogP contribution in [0.15, 0.2) is 24.3 Å². The van der Waals surface area contributed by atoms with E-state index < -0.39 is 11.7 Å². The van der Waals surface area contributed by atoms with Crippen LogP contribution in [-0.2, 0) is 6.18 Å². The van der Waals surface area contributed by atoms with Crippen molar-refractivity contribution in [3.05, 3.63) is 29.8 Å². The highest BCUT2D eigenvalue weighted by Crippen LogP contribution is 2.34. The van der Waals surface area contributed by atoms with Gasteiger partial charge in [0.2, 0.25) is 0 Å². The van der Waals surface area contributed by atoms with E-state index in [1.807, 2.05) is 7.05 Å². The standard InChI is InChI=1S/C12H17F3N2/c1-16-8-4-5-9-17-11-7-3-2-6-10(11)12(13,14)15/h2-3,6-7,16-17H,4-5,8-9H2,1H3. The molecule has 1 aromatic carbocycles. The SMILES string of the molecule is CNCCCCNc1ccccc1C(F)(F)F. The largest absolute Gasteiger partial charge is 0.418 e. The number of anilines is 1. The molecule has 0 bridgehead atoms. The van der Waals surface area contributed by atoms with Crippen molar-refractivity contribution in [1.82, 2.24) is 5.32 Å². The van der Waals surface area contributed by atoms with Crippen LogP contribution >= 0.6 is 0 Å². The molecule has 0 amide bonds. The lowest BCUT2D eigenvalue weighted by atomic mass is 10.1. The predicted molar refractivity (Wildman–Crippen MR) is 63.1 cm³/mol. The van der Waals surface area contributed by atoms with Crippen LogP contribution < -0.4 is 10.6 Å². The molecule has 1 rings (SSSR count). The number of unbranched alkanes of at least 4 members (excludes halogenated alkanes) is 1. The molecule has 0 aliphatic rings. The smallest absolute Gasteiger partial charge is 0.385 e. The Bertz CT molecular complexity index is 337. The van der Waals surface area contributed by atoms with Crippen LogP contribution in [0.2, 0.25) is 0 Å². The summed E-state index contributed by atoms with van der Waals surface area (Å²) in [6.45, 7) is 1.43. The molecule has 0 atom stereocenters. The zero-order valence-electron chi connectivity index (χ0n) is 9.77. The van der Waals surface area contributed by atoms with Gasteiger partial charge in [-0.3, -0.25) is 0 Å². The van der Waals surface area contributed by atoms with E-state index in [4.69, 9.17) is 0 Å².